The normalized spacial score (nSPS) is 18.5. The number of carbonyl (C=O) groups is 1. The van der Waals surface area contributed by atoms with Crippen LogP contribution in [0.1, 0.15) is 18.4 Å². The van der Waals surface area contributed by atoms with Crippen molar-refractivity contribution in [3.05, 3.63) is 65.1 Å². The lowest BCUT2D eigenvalue weighted by Crippen LogP contribution is -2.51. The molecule has 2 heterocycles. The van der Waals surface area contributed by atoms with Gasteiger partial charge < -0.3 is 14.8 Å². The zero-order valence-corrected chi connectivity index (χ0v) is 16.2. The van der Waals surface area contributed by atoms with Crippen molar-refractivity contribution < 1.29 is 9.18 Å². The molecule has 1 aliphatic heterocycles. The number of hydrogen-bond acceptors (Lipinski definition) is 2. The number of aromatic nitrogens is 1. The highest BCUT2D eigenvalue weighted by Gasteiger charge is 2.54. The van der Waals surface area contributed by atoms with Crippen molar-refractivity contribution in [3.8, 4) is 0 Å². The molecule has 144 valence electrons. The van der Waals surface area contributed by atoms with E-state index in [1.165, 1.54) is 12.1 Å². The van der Waals surface area contributed by atoms with Gasteiger partial charge in [0.1, 0.15) is 5.82 Å². The maximum Gasteiger partial charge on any atom is 0.233 e. The molecule has 2 aliphatic rings. The molecular weight excluding hydrogens is 377 g/mol. The van der Waals surface area contributed by atoms with E-state index in [1.807, 2.05) is 35.4 Å². The first-order valence-corrected chi connectivity index (χ1v) is 10.0. The second-order valence-corrected chi connectivity index (χ2v) is 8.17. The van der Waals surface area contributed by atoms with Crippen LogP contribution in [0.3, 0.4) is 0 Å². The van der Waals surface area contributed by atoms with Crippen LogP contribution in [0.2, 0.25) is 5.02 Å². The van der Waals surface area contributed by atoms with E-state index in [0.717, 1.165) is 53.1 Å². The van der Waals surface area contributed by atoms with Crippen molar-refractivity contribution >= 4 is 34.1 Å². The molecular formula is C22H21ClFN3O. The van der Waals surface area contributed by atoms with Crippen molar-refractivity contribution in [2.24, 2.45) is 0 Å². The molecule has 0 spiro atoms. The van der Waals surface area contributed by atoms with Crippen LogP contribution in [-0.2, 0) is 10.2 Å². The van der Waals surface area contributed by atoms with Crippen LogP contribution in [0.25, 0.3) is 10.9 Å². The first kappa shape index (κ1) is 17.6. The maximum atomic E-state index is 13.8. The number of fused-ring (bicyclic) bond motifs is 1. The van der Waals surface area contributed by atoms with Gasteiger partial charge in [-0.25, -0.2) is 4.39 Å². The molecule has 2 aromatic carbocycles. The van der Waals surface area contributed by atoms with E-state index in [1.54, 1.807) is 6.07 Å². The maximum absolute atomic E-state index is 13.8. The summed E-state index contributed by atoms with van der Waals surface area (Å²) in [6.07, 6.45) is 3.53. The highest BCUT2D eigenvalue weighted by Crippen LogP contribution is 2.52. The van der Waals surface area contributed by atoms with Crippen molar-refractivity contribution in [2.45, 2.75) is 18.3 Å². The largest absolute Gasteiger partial charge is 0.368 e. The summed E-state index contributed by atoms with van der Waals surface area (Å²) < 4.78 is 13.8. The van der Waals surface area contributed by atoms with E-state index >= 15 is 0 Å². The smallest absolute Gasteiger partial charge is 0.233 e. The van der Waals surface area contributed by atoms with Gasteiger partial charge in [0.05, 0.1) is 5.41 Å². The number of H-pyrrole nitrogens is 1. The summed E-state index contributed by atoms with van der Waals surface area (Å²) in [5.41, 5.74) is 2.41. The molecule has 5 rings (SSSR count). The Labute approximate surface area is 167 Å². The van der Waals surface area contributed by atoms with Crippen LogP contribution in [0, 0.1) is 5.82 Å². The topological polar surface area (TPSA) is 39.3 Å². The fourth-order valence-corrected chi connectivity index (χ4v) is 4.54. The molecule has 1 aromatic heterocycles. The van der Waals surface area contributed by atoms with E-state index < -0.39 is 5.41 Å². The summed E-state index contributed by atoms with van der Waals surface area (Å²) in [5.74, 6) is -0.102. The van der Waals surface area contributed by atoms with Crippen molar-refractivity contribution in [1.29, 1.82) is 0 Å². The Morgan fingerprint density at radius 3 is 2.57 bits per heavy atom. The summed E-state index contributed by atoms with van der Waals surface area (Å²) >= 11 is 6.11. The lowest BCUT2D eigenvalue weighted by atomic mass is 9.93. The van der Waals surface area contributed by atoms with Gasteiger partial charge in [0.25, 0.3) is 0 Å². The molecule has 1 saturated carbocycles. The van der Waals surface area contributed by atoms with Crippen molar-refractivity contribution in [2.75, 3.05) is 31.1 Å². The summed E-state index contributed by atoms with van der Waals surface area (Å²) in [7, 11) is 0. The number of piperazine rings is 1. The van der Waals surface area contributed by atoms with Gasteiger partial charge in [0.15, 0.2) is 0 Å². The molecule has 1 aliphatic carbocycles. The predicted octanol–water partition coefficient (Wildman–Crippen LogP) is 4.34. The van der Waals surface area contributed by atoms with Crippen LogP contribution < -0.4 is 4.90 Å². The Hall–Kier alpha value is -2.53. The van der Waals surface area contributed by atoms with E-state index in [2.05, 4.69) is 9.88 Å². The third-order valence-corrected chi connectivity index (χ3v) is 6.29. The number of benzene rings is 2. The van der Waals surface area contributed by atoms with Gasteiger partial charge in [-0.2, -0.15) is 0 Å². The number of nitrogens with zero attached hydrogens (tertiary/aromatic N) is 2. The number of carbonyl (C=O) groups excluding carboxylic acids is 1. The number of rotatable bonds is 3. The Morgan fingerprint density at radius 2 is 1.86 bits per heavy atom. The number of halogens is 2. The van der Waals surface area contributed by atoms with Gasteiger partial charge >= 0.3 is 0 Å². The number of anilines is 1. The van der Waals surface area contributed by atoms with Gasteiger partial charge in [-0.05, 0) is 54.8 Å². The summed E-state index contributed by atoms with van der Waals surface area (Å²) in [6, 6.07) is 12.5. The highest BCUT2D eigenvalue weighted by molar-refractivity contribution is 6.30. The molecule has 1 N–H and O–H groups in total. The zero-order valence-electron chi connectivity index (χ0n) is 15.4. The quantitative estimate of drug-likeness (QED) is 0.714. The minimum atomic E-state index is -0.496. The van der Waals surface area contributed by atoms with Crippen LogP contribution in [-0.4, -0.2) is 42.0 Å². The molecule has 0 unspecified atom stereocenters. The van der Waals surface area contributed by atoms with Gasteiger partial charge in [0.2, 0.25) is 5.91 Å². The first-order chi connectivity index (χ1) is 13.6. The Kier molecular flexibility index (Phi) is 4.09. The summed E-state index contributed by atoms with van der Waals surface area (Å²) in [4.78, 5) is 20.8. The van der Waals surface area contributed by atoms with E-state index in [4.69, 9.17) is 11.6 Å². The fourth-order valence-electron chi connectivity index (χ4n) is 4.36. The van der Waals surface area contributed by atoms with Crippen molar-refractivity contribution in [1.82, 2.24) is 9.88 Å². The molecule has 2 fully saturated rings. The molecule has 6 heteroatoms. The lowest BCUT2D eigenvalue weighted by molar-refractivity contribution is -0.134. The minimum absolute atomic E-state index is 0.170. The van der Waals surface area contributed by atoms with Gasteiger partial charge in [-0.1, -0.05) is 17.7 Å². The lowest BCUT2D eigenvalue weighted by Gasteiger charge is -2.37. The summed E-state index contributed by atoms with van der Waals surface area (Å²) in [5, 5.41) is 1.54. The Balaban J connectivity index is 1.35. The zero-order chi connectivity index (χ0) is 19.3. The van der Waals surface area contributed by atoms with Crippen LogP contribution in [0.15, 0.2) is 48.7 Å². The van der Waals surface area contributed by atoms with Gasteiger partial charge in [-0.15, -0.1) is 0 Å². The first-order valence-electron chi connectivity index (χ1n) is 9.64. The average Bonchev–Trinajstić information content (AvgIpc) is 3.41. The van der Waals surface area contributed by atoms with Crippen LogP contribution in [0.4, 0.5) is 10.1 Å². The van der Waals surface area contributed by atoms with E-state index in [0.29, 0.717) is 13.1 Å². The van der Waals surface area contributed by atoms with E-state index in [-0.39, 0.29) is 11.7 Å². The predicted molar refractivity (Wildman–Crippen MR) is 109 cm³/mol. The number of nitrogens with one attached hydrogen (secondary N) is 1. The second-order valence-electron chi connectivity index (χ2n) is 7.73. The van der Waals surface area contributed by atoms with Gasteiger partial charge in [0, 0.05) is 54.0 Å². The number of aromatic amines is 1. The molecule has 1 amide bonds. The molecule has 3 aromatic rings. The van der Waals surface area contributed by atoms with Crippen molar-refractivity contribution in [3.63, 3.8) is 0 Å². The molecule has 4 nitrogen and oxygen atoms in total. The van der Waals surface area contributed by atoms with Gasteiger partial charge in [-0.3, -0.25) is 4.79 Å². The highest BCUT2D eigenvalue weighted by atomic mass is 35.5. The summed E-state index contributed by atoms with van der Waals surface area (Å²) in [6.45, 7) is 2.93. The average molecular weight is 398 g/mol. The third kappa shape index (κ3) is 2.85. The van der Waals surface area contributed by atoms with Crippen LogP contribution >= 0.6 is 11.6 Å². The Morgan fingerprint density at radius 1 is 1.07 bits per heavy atom. The number of amides is 1. The number of hydrogen-bond donors (Lipinski definition) is 1. The molecule has 0 radical (unpaired) electrons. The Bertz CT molecular complexity index is 1050. The molecule has 1 saturated heterocycles. The fraction of sp³-hybridized carbons (Fsp3) is 0.318. The van der Waals surface area contributed by atoms with Crippen LogP contribution in [0.5, 0.6) is 0 Å². The molecule has 0 bridgehead atoms. The third-order valence-electron chi connectivity index (χ3n) is 6.06. The monoisotopic (exact) mass is 397 g/mol. The second kappa shape index (κ2) is 6.52. The molecule has 0 atom stereocenters. The standard InChI is InChI=1S/C22H21ClFN3O/c23-15-2-1-3-17(12-15)26-8-10-27(11-9-26)21(28)22(6-7-22)19-14-25-20-5-4-16(24)13-18(19)20/h1-5,12-14,25H,6-11H2. The SMILES string of the molecule is O=C(N1CCN(c2cccc(Cl)c2)CC1)C1(c2c[nH]c3ccc(F)cc23)CC1. The molecule has 28 heavy (non-hydrogen) atoms. The minimum Gasteiger partial charge on any atom is -0.368 e. The van der Waals surface area contributed by atoms with E-state index in [9.17, 15) is 9.18 Å².